The summed E-state index contributed by atoms with van der Waals surface area (Å²) in [7, 11) is 0. The van der Waals surface area contributed by atoms with Crippen molar-refractivity contribution in [1.29, 1.82) is 0 Å². The van der Waals surface area contributed by atoms with Crippen LogP contribution in [0.4, 0.5) is 9.18 Å². The summed E-state index contributed by atoms with van der Waals surface area (Å²) in [5.41, 5.74) is 0.0744. The number of likely N-dealkylation sites (tertiary alicyclic amines) is 1. The maximum absolute atomic E-state index is 13.2. The molecule has 24 heavy (non-hydrogen) atoms. The standard InChI is InChI=1S/C17H23FN2O4/c1-17(2,3)24-16(23)20-10-13(8-14(20)15(21)22)19-9-11-5-4-6-12(18)7-11/h4-7,13-14,19H,8-10H2,1-3H3,(H,21,22). The number of rotatable bonds is 4. The molecule has 0 spiro atoms. The van der Waals surface area contributed by atoms with Crippen molar-refractivity contribution in [2.24, 2.45) is 0 Å². The molecule has 1 aliphatic heterocycles. The Labute approximate surface area is 140 Å². The van der Waals surface area contributed by atoms with E-state index in [0.29, 0.717) is 6.54 Å². The van der Waals surface area contributed by atoms with E-state index in [9.17, 15) is 19.1 Å². The fourth-order valence-corrected chi connectivity index (χ4v) is 2.65. The highest BCUT2D eigenvalue weighted by Gasteiger charge is 2.41. The topological polar surface area (TPSA) is 78.9 Å². The molecule has 0 aromatic heterocycles. The van der Waals surface area contributed by atoms with Crippen LogP contribution >= 0.6 is 0 Å². The maximum atomic E-state index is 13.2. The first-order valence-electron chi connectivity index (χ1n) is 7.86. The van der Waals surface area contributed by atoms with Gasteiger partial charge < -0.3 is 15.2 Å². The molecule has 2 unspecified atom stereocenters. The number of hydrogen-bond donors (Lipinski definition) is 2. The number of hydrogen-bond acceptors (Lipinski definition) is 4. The molecule has 1 saturated heterocycles. The maximum Gasteiger partial charge on any atom is 0.411 e. The Hall–Kier alpha value is -2.15. The molecular formula is C17H23FN2O4. The minimum Gasteiger partial charge on any atom is -0.480 e. The van der Waals surface area contributed by atoms with E-state index in [4.69, 9.17) is 4.74 Å². The number of carboxylic acid groups (broad SMARTS) is 1. The lowest BCUT2D eigenvalue weighted by atomic mass is 10.1. The van der Waals surface area contributed by atoms with Crippen molar-refractivity contribution < 1.29 is 23.8 Å². The van der Waals surface area contributed by atoms with Gasteiger partial charge in [-0.1, -0.05) is 12.1 Å². The number of carbonyl (C=O) groups excluding carboxylic acids is 1. The number of nitrogens with one attached hydrogen (secondary N) is 1. The third-order valence-electron chi connectivity index (χ3n) is 3.70. The van der Waals surface area contributed by atoms with Crippen LogP contribution in [0.25, 0.3) is 0 Å². The zero-order chi connectivity index (χ0) is 17.9. The Morgan fingerprint density at radius 3 is 2.71 bits per heavy atom. The van der Waals surface area contributed by atoms with Crippen molar-refractivity contribution in [3.05, 3.63) is 35.6 Å². The van der Waals surface area contributed by atoms with Gasteiger partial charge in [0.25, 0.3) is 0 Å². The van der Waals surface area contributed by atoms with Crippen molar-refractivity contribution in [3.63, 3.8) is 0 Å². The van der Waals surface area contributed by atoms with Crippen LogP contribution in [0.15, 0.2) is 24.3 Å². The molecule has 2 N–H and O–H groups in total. The average molecular weight is 338 g/mol. The van der Waals surface area contributed by atoms with Gasteiger partial charge in [-0.2, -0.15) is 0 Å². The van der Waals surface area contributed by atoms with E-state index in [0.717, 1.165) is 5.56 Å². The van der Waals surface area contributed by atoms with Crippen LogP contribution in [-0.2, 0) is 16.1 Å². The largest absolute Gasteiger partial charge is 0.480 e. The van der Waals surface area contributed by atoms with Crippen LogP contribution in [0.3, 0.4) is 0 Å². The van der Waals surface area contributed by atoms with Gasteiger partial charge in [0.15, 0.2) is 0 Å². The lowest BCUT2D eigenvalue weighted by molar-refractivity contribution is -0.142. The zero-order valence-corrected chi connectivity index (χ0v) is 14.1. The molecule has 2 rings (SSSR count). The van der Waals surface area contributed by atoms with Crippen molar-refractivity contribution in [1.82, 2.24) is 10.2 Å². The summed E-state index contributed by atoms with van der Waals surface area (Å²) in [5.74, 6) is -1.38. The van der Waals surface area contributed by atoms with Gasteiger partial charge in [-0.05, 0) is 44.9 Å². The smallest absolute Gasteiger partial charge is 0.411 e. The van der Waals surface area contributed by atoms with Crippen LogP contribution in [-0.4, -0.2) is 46.3 Å². The predicted molar refractivity (Wildman–Crippen MR) is 86.0 cm³/mol. The van der Waals surface area contributed by atoms with Gasteiger partial charge >= 0.3 is 12.1 Å². The molecule has 1 fully saturated rings. The van der Waals surface area contributed by atoms with Crippen LogP contribution in [0.5, 0.6) is 0 Å². The normalized spacial score (nSPS) is 20.9. The molecule has 0 aliphatic carbocycles. The summed E-state index contributed by atoms with van der Waals surface area (Å²) >= 11 is 0. The molecule has 0 saturated carbocycles. The lowest BCUT2D eigenvalue weighted by Gasteiger charge is -2.26. The number of halogens is 1. The van der Waals surface area contributed by atoms with E-state index >= 15 is 0 Å². The van der Waals surface area contributed by atoms with E-state index in [2.05, 4.69) is 5.32 Å². The first kappa shape index (κ1) is 18.2. The van der Waals surface area contributed by atoms with Crippen molar-refractivity contribution in [3.8, 4) is 0 Å². The molecule has 2 atom stereocenters. The fourth-order valence-electron chi connectivity index (χ4n) is 2.65. The van der Waals surface area contributed by atoms with E-state index in [-0.39, 0.29) is 24.8 Å². The molecule has 1 heterocycles. The molecule has 0 radical (unpaired) electrons. The first-order valence-corrected chi connectivity index (χ1v) is 7.86. The van der Waals surface area contributed by atoms with Crippen LogP contribution in [0, 0.1) is 5.82 Å². The number of carbonyl (C=O) groups is 2. The van der Waals surface area contributed by atoms with Gasteiger partial charge in [0, 0.05) is 19.1 Å². The van der Waals surface area contributed by atoms with Gasteiger partial charge in [-0.3, -0.25) is 4.90 Å². The van der Waals surface area contributed by atoms with Crippen LogP contribution in [0.1, 0.15) is 32.8 Å². The fraction of sp³-hybridized carbons (Fsp3) is 0.529. The predicted octanol–water partition coefficient (Wildman–Crippen LogP) is 2.38. The molecule has 7 heteroatoms. The molecule has 132 valence electrons. The lowest BCUT2D eigenvalue weighted by Crippen LogP contribution is -2.43. The van der Waals surface area contributed by atoms with Gasteiger partial charge in [-0.15, -0.1) is 0 Å². The second-order valence-corrected chi connectivity index (χ2v) is 6.93. The Morgan fingerprint density at radius 2 is 2.12 bits per heavy atom. The summed E-state index contributed by atoms with van der Waals surface area (Å²) in [6.45, 7) is 5.83. The molecular weight excluding hydrogens is 315 g/mol. The average Bonchev–Trinajstić information content (AvgIpc) is 2.88. The number of amides is 1. The monoisotopic (exact) mass is 338 g/mol. The SMILES string of the molecule is CC(C)(C)OC(=O)N1CC(NCc2cccc(F)c2)CC1C(=O)O. The zero-order valence-electron chi connectivity index (χ0n) is 14.1. The number of carboxylic acids is 1. The summed E-state index contributed by atoms with van der Waals surface area (Å²) in [4.78, 5) is 24.9. The molecule has 6 nitrogen and oxygen atoms in total. The molecule has 1 amide bonds. The van der Waals surface area contributed by atoms with Gasteiger partial charge in [-0.25, -0.2) is 14.0 Å². The second kappa shape index (κ2) is 7.17. The van der Waals surface area contributed by atoms with Crippen LogP contribution < -0.4 is 5.32 Å². The van der Waals surface area contributed by atoms with Gasteiger partial charge in [0.1, 0.15) is 17.5 Å². The minimum atomic E-state index is -1.06. The summed E-state index contributed by atoms with van der Waals surface area (Å²) in [5, 5.41) is 12.5. The Balaban J connectivity index is 1.98. The first-order chi connectivity index (χ1) is 11.2. The van der Waals surface area contributed by atoms with E-state index in [1.165, 1.54) is 17.0 Å². The summed E-state index contributed by atoms with van der Waals surface area (Å²) in [6, 6.07) is 5.07. The highest BCUT2D eigenvalue weighted by atomic mass is 19.1. The van der Waals surface area contributed by atoms with Gasteiger partial charge in [0.2, 0.25) is 0 Å². The number of nitrogens with zero attached hydrogens (tertiary/aromatic N) is 1. The summed E-state index contributed by atoms with van der Waals surface area (Å²) < 4.78 is 18.5. The molecule has 0 bridgehead atoms. The number of aliphatic carboxylic acids is 1. The van der Waals surface area contributed by atoms with E-state index in [1.807, 2.05) is 0 Å². The van der Waals surface area contributed by atoms with Crippen molar-refractivity contribution >= 4 is 12.1 Å². The minimum absolute atomic E-state index is 0.193. The molecule has 1 aromatic carbocycles. The number of ether oxygens (including phenoxy) is 1. The Kier molecular flexibility index (Phi) is 5.43. The van der Waals surface area contributed by atoms with E-state index in [1.54, 1.807) is 32.9 Å². The summed E-state index contributed by atoms with van der Waals surface area (Å²) in [6.07, 6.45) is -0.353. The Morgan fingerprint density at radius 1 is 1.42 bits per heavy atom. The highest BCUT2D eigenvalue weighted by Crippen LogP contribution is 2.22. The molecule has 1 aliphatic rings. The Bertz CT molecular complexity index is 615. The quantitative estimate of drug-likeness (QED) is 0.881. The number of benzene rings is 1. The third-order valence-corrected chi connectivity index (χ3v) is 3.70. The molecule has 1 aromatic rings. The van der Waals surface area contributed by atoms with E-state index < -0.39 is 23.7 Å². The highest BCUT2D eigenvalue weighted by molar-refractivity contribution is 5.81. The third kappa shape index (κ3) is 4.92. The van der Waals surface area contributed by atoms with Crippen molar-refractivity contribution in [2.75, 3.05) is 6.54 Å². The second-order valence-electron chi connectivity index (χ2n) is 6.93. The van der Waals surface area contributed by atoms with Crippen molar-refractivity contribution in [2.45, 2.75) is 51.4 Å². The van der Waals surface area contributed by atoms with Gasteiger partial charge in [0.05, 0.1) is 0 Å². The van der Waals surface area contributed by atoms with Crippen LogP contribution in [0.2, 0.25) is 0 Å².